The van der Waals surface area contributed by atoms with Crippen molar-refractivity contribution in [1.29, 1.82) is 0 Å². The third kappa shape index (κ3) is 6.97. The molecule has 1 atom stereocenters. The molecule has 1 saturated carbocycles. The van der Waals surface area contributed by atoms with Gasteiger partial charge in [0.05, 0.1) is 20.6 Å². The van der Waals surface area contributed by atoms with Crippen LogP contribution in [-0.4, -0.2) is 43.8 Å². The Hall–Kier alpha value is -3.07. The fourth-order valence-corrected chi connectivity index (χ4v) is 6.55. The largest absolute Gasteiger partial charge is 0.352 e. The number of halogens is 2. The summed E-state index contributed by atoms with van der Waals surface area (Å²) in [6, 6.07) is 19.1. The standard InChI is InChI=1S/C30H33Cl2N3O4S/c1-21-10-6-7-11-23(21)19-34(22(2)30(37)33-24-12-8-9-13-24)29(36)20-35(25-16-17-27(31)28(32)18-25)40(38,39)26-14-4-3-5-15-26/h3-7,10-11,14-18,22,24H,8-9,12-13,19-20H2,1-2H3,(H,33,37)/t22-/m1/s1. The summed E-state index contributed by atoms with van der Waals surface area (Å²) >= 11 is 12.4. The van der Waals surface area contributed by atoms with Crippen molar-refractivity contribution in [3.8, 4) is 0 Å². The van der Waals surface area contributed by atoms with E-state index >= 15 is 0 Å². The molecule has 0 unspecified atom stereocenters. The molecule has 40 heavy (non-hydrogen) atoms. The zero-order valence-electron chi connectivity index (χ0n) is 22.5. The van der Waals surface area contributed by atoms with Crippen LogP contribution in [-0.2, 0) is 26.2 Å². The summed E-state index contributed by atoms with van der Waals surface area (Å²) in [6.07, 6.45) is 3.93. The number of hydrogen-bond donors (Lipinski definition) is 1. The van der Waals surface area contributed by atoms with Crippen LogP contribution in [0.1, 0.15) is 43.7 Å². The molecule has 1 aliphatic rings. The molecular weight excluding hydrogens is 569 g/mol. The molecule has 0 bridgehead atoms. The van der Waals surface area contributed by atoms with Gasteiger partial charge in [0.2, 0.25) is 11.8 Å². The number of amides is 2. The molecule has 0 spiro atoms. The first-order valence-electron chi connectivity index (χ1n) is 13.2. The highest BCUT2D eigenvalue weighted by atomic mass is 35.5. The van der Waals surface area contributed by atoms with E-state index in [-0.39, 0.29) is 39.1 Å². The van der Waals surface area contributed by atoms with E-state index in [1.165, 1.54) is 35.2 Å². The minimum Gasteiger partial charge on any atom is -0.352 e. The number of rotatable bonds is 10. The number of carbonyl (C=O) groups is 2. The topological polar surface area (TPSA) is 86.8 Å². The van der Waals surface area contributed by atoms with Crippen LogP contribution in [0.25, 0.3) is 0 Å². The van der Waals surface area contributed by atoms with Crippen LogP contribution in [0.4, 0.5) is 5.69 Å². The van der Waals surface area contributed by atoms with E-state index in [0.717, 1.165) is 41.1 Å². The van der Waals surface area contributed by atoms with Crippen LogP contribution in [0, 0.1) is 6.92 Å². The maximum Gasteiger partial charge on any atom is 0.264 e. The summed E-state index contributed by atoms with van der Waals surface area (Å²) in [5.41, 5.74) is 2.01. The van der Waals surface area contributed by atoms with Gasteiger partial charge in [-0.25, -0.2) is 8.42 Å². The Morgan fingerprint density at radius 1 is 0.950 bits per heavy atom. The predicted octanol–water partition coefficient (Wildman–Crippen LogP) is 5.97. The highest BCUT2D eigenvalue weighted by Crippen LogP contribution is 2.31. The van der Waals surface area contributed by atoms with Gasteiger partial charge in [-0.2, -0.15) is 0 Å². The second kappa shape index (κ2) is 13.1. The molecule has 212 valence electrons. The van der Waals surface area contributed by atoms with Crippen molar-refractivity contribution in [2.24, 2.45) is 0 Å². The molecule has 0 saturated heterocycles. The van der Waals surface area contributed by atoms with Gasteiger partial charge >= 0.3 is 0 Å². The van der Waals surface area contributed by atoms with Gasteiger partial charge in [0, 0.05) is 12.6 Å². The Morgan fingerprint density at radius 2 is 1.60 bits per heavy atom. The Balaban J connectivity index is 1.70. The number of aryl methyl sites for hydroxylation is 1. The van der Waals surface area contributed by atoms with Crippen LogP contribution in [0.5, 0.6) is 0 Å². The Morgan fingerprint density at radius 3 is 2.25 bits per heavy atom. The Bertz CT molecular complexity index is 1460. The molecule has 2 amide bonds. The minimum absolute atomic E-state index is 0.0198. The van der Waals surface area contributed by atoms with Gasteiger partial charge in [0.15, 0.2) is 0 Å². The summed E-state index contributed by atoms with van der Waals surface area (Å²) in [5.74, 6) is -0.788. The van der Waals surface area contributed by atoms with E-state index in [0.29, 0.717) is 0 Å². The van der Waals surface area contributed by atoms with Crippen molar-refractivity contribution in [2.45, 2.75) is 63.1 Å². The maximum absolute atomic E-state index is 14.0. The number of benzene rings is 3. The minimum atomic E-state index is -4.17. The van der Waals surface area contributed by atoms with Gasteiger partial charge < -0.3 is 10.2 Å². The molecule has 10 heteroatoms. The van der Waals surface area contributed by atoms with E-state index in [1.807, 2.05) is 31.2 Å². The zero-order valence-corrected chi connectivity index (χ0v) is 24.8. The predicted molar refractivity (Wildman–Crippen MR) is 159 cm³/mol. The second-order valence-corrected chi connectivity index (χ2v) is 12.7. The van der Waals surface area contributed by atoms with E-state index in [1.54, 1.807) is 25.1 Å². The summed E-state index contributed by atoms with van der Waals surface area (Å²) in [7, 11) is -4.17. The molecule has 0 aliphatic heterocycles. The van der Waals surface area contributed by atoms with Crippen LogP contribution in [0.2, 0.25) is 10.0 Å². The van der Waals surface area contributed by atoms with Gasteiger partial charge in [0.1, 0.15) is 12.6 Å². The number of hydrogen-bond acceptors (Lipinski definition) is 4. The van der Waals surface area contributed by atoms with Crippen molar-refractivity contribution in [2.75, 3.05) is 10.8 Å². The molecule has 1 N–H and O–H groups in total. The lowest BCUT2D eigenvalue weighted by molar-refractivity contribution is -0.139. The van der Waals surface area contributed by atoms with Gasteiger partial charge in [0.25, 0.3) is 10.0 Å². The quantitative estimate of drug-likeness (QED) is 0.310. The van der Waals surface area contributed by atoms with Crippen LogP contribution >= 0.6 is 23.2 Å². The van der Waals surface area contributed by atoms with Gasteiger partial charge in [-0.15, -0.1) is 0 Å². The highest BCUT2D eigenvalue weighted by Gasteiger charge is 2.33. The fraction of sp³-hybridized carbons (Fsp3) is 0.333. The first-order chi connectivity index (χ1) is 19.1. The number of anilines is 1. The van der Waals surface area contributed by atoms with Crippen LogP contribution < -0.4 is 9.62 Å². The molecule has 4 rings (SSSR count). The van der Waals surface area contributed by atoms with Crippen molar-refractivity contribution in [3.05, 3.63) is 94.0 Å². The number of sulfonamides is 1. The first kappa shape index (κ1) is 29.9. The monoisotopic (exact) mass is 601 g/mol. The first-order valence-corrected chi connectivity index (χ1v) is 15.4. The highest BCUT2D eigenvalue weighted by molar-refractivity contribution is 7.92. The summed E-state index contributed by atoms with van der Waals surface area (Å²) in [6.45, 7) is 3.21. The van der Waals surface area contributed by atoms with Crippen molar-refractivity contribution in [3.63, 3.8) is 0 Å². The molecule has 0 aromatic heterocycles. The lowest BCUT2D eigenvalue weighted by Gasteiger charge is -2.33. The van der Waals surface area contributed by atoms with E-state index in [4.69, 9.17) is 23.2 Å². The third-order valence-corrected chi connectivity index (χ3v) is 9.80. The number of nitrogens with one attached hydrogen (secondary N) is 1. The Kier molecular flexibility index (Phi) is 9.77. The van der Waals surface area contributed by atoms with Crippen LogP contribution in [0.3, 0.4) is 0 Å². The average molecular weight is 603 g/mol. The molecule has 0 heterocycles. The van der Waals surface area contributed by atoms with Crippen LogP contribution in [0.15, 0.2) is 77.7 Å². The SMILES string of the molecule is Cc1ccccc1CN(C(=O)CN(c1ccc(Cl)c(Cl)c1)S(=O)(=O)c1ccccc1)[C@H](C)C(=O)NC1CCCC1. The Labute approximate surface area is 246 Å². The van der Waals surface area contributed by atoms with Gasteiger partial charge in [-0.1, -0.05) is 78.5 Å². The van der Waals surface area contributed by atoms with Gasteiger partial charge in [-0.3, -0.25) is 13.9 Å². The molecule has 1 fully saturated rings. The van der Waals surface area contributed by atoms with Crippen molar-refractivity contribution < 1.29 is 18.0 Å². The lowest BCUT2D eigenvalue weighted by atomic mass is 10.1. The summed E-state index contributed by atoms with van der Waals surface area (Å²) in [5, 5.41) is 3.48. The second-order valence-electron chi connectivity index (χ2n) is 10.0. The lowest BCUT2D eigenvalue weighted by Crippen LogP contribution is -2.52. The van der Waals surface area contributed by atoms with Gasteiger partial charge in [-0.05, 0) is 68.1 Å². The number of nitrogens with zero attached hydrogens (tertiary/aromatic N) is 2. The normalized spacial score (nSPS) is 14.5. The summed E-state index contributed by atoms with van der Waals surface area (Å²) in [4.78, 5) is 28.8. The van der Waals surface area contributed by atoms with E-state index in [9.17, 15) is 18.0 Å². The maximum atomic E-state index is 14.0. The van der Waals surface area contributed by atoms with Crippen molar-refractivity contribution in [1.82, 2.24) is 10.2 Å². The molecule has 1 aliphatic carbocycles. The van der Waals surface area contributed by atoms with E-state index < -0.39 is 28.5 Å². The average Bonchev–Trinajstić information content (AvgIpc) is 3.46. The third-order valence-electron chi connectivity index (χ3n) is 7.27. The summed E-state index contributed by atoms with van der Waals surface area (Å²) < 4.78 is 28.7. The zero-order chi connectivity index (χ0) is 28.9. The fourth-order valence-electron chi connectivity index (χ4n) is 4.83. The molecule has 3 aromatic carbocycles. The molecular formula is C30H33Cl2N3O4S. The molecule has 0 radical (unpaired) electrons. The smallest absolute Gasteiger partial charge is 0.264 e. The number of carbonyl (C=O) groups excluding carboxylic acids is 2. The molecule has 7 nitrogen and oxygen atoms in total. The van der Waals surface area contributed by atoms with Crippen molar-refractivity contribution >= 4 is 50.7 Å². The molecule has 3 aromatic rings. The van der Waals surface area contributed by atoms with E-state index in [2.05, 4.69) is 5.32 Å².